The molecule has 0 atom stereocenters. The van der Waals surface area contributed by atoms with Gasteiger partial charge >= 0.3 is 37.7 Å². The standard InChI is InChI=1S/C6H8.2Li/c1-2-4-6-5-3-1;;/h1,4H,2-3,5H2;;/q-2;2*+1. The Morgan fingerprint density at radius 1 is 1.38 bits per heavy atom. The van der Waals surface area contributed by atoms with Crippen LogP contribution in [-0.2, 0) is 0 Å². The summed E-state index contributed by atoms with van der Waals surface area (Å²) in [5, 5.41) is 0. The van der Waals surface area contributed by atoms with Crippen molar-refractivity contribution >= 4 is 0 Å². The van der Waals surface area contributed by atoms with E-state index in [-0.39, 0.29) is 37.7 Å². The fourth-order valence-electron chi connectivity index (χ4n) is 0.572. The van der Waals surface area contributed by atoms with Crippen LogP contribution in [0.25, 0.3) is 0 Å². The second-order valence-electron chi connectivity index (χ2n) is 1.47. The summed E-state index contributed by atoms with van der Waals surface area (Å²) in [4.78, 5) is 0. The van der Waals surface area contributed by atoms with Crippen molar-refractivity contribution in [1.82, 2.24) is 0 Å². The van der Waals surface area contributed by atoms with Crippen LogP contribution in [0.1, 0.15) is 19.3 Å². The molecule has 2 heteroatoms. The minimum absolute atomic E-state index is 0. The summed E-state index contributed by atoms with van der Waals surface area (Å²) < 4.78 is 0. The summed E-state index contributed by atoms with van der Waals surface area (Å²) in [5.41, 5.74) is 0. The maximum absolute atomic E-state index is 3.13. The molecule has 0 aromatic heterocycles. The van der Waals surface area contributed by atoms with Gasteiger partial charge in [0.05, 0.1) is 0 Å². The van der Waals surface area contributed by atoms with Gasteiger partial charge in [-0.25, -0.2) is 12.8 Å². The number of hydrogen-bond donors (Lipinski definition) is 0. The van der Waals surface area contributed by atoms with Crippen LogP contribution < -0.4 is 37.7 Å². The summed E-state index contributed by atoms with van der Waals surface area (Å²) in [6.45, 7) is 0. The zero-order valence-electron chi connectivity index (χ0n) is 5.78. The molecular weight excluding hydrogens is 85.9 g/mol. The van der Waals surface area contributed by atoms with E-state index in [9.17, 15) is 0 Å². The Labute approximate surface area is 75.5 Å². The Morgan fingerprint density at radius 2 is 2.12 bits per heavy atom. The van der Waals surface area contributed by atoms with E-state index < -0.39 is 0 Å². The molecule has 0 nitrogen and oxygen atoms in total. The van der Waals surface area contributed by atoms with Crippen molar-refractivity contribution in [2.45, 2.75) is 19.3 Å². The van der Waals surface area contributed by atoms with Crippen molar-refractivity contribution in [3.63, 3.8) is 0 Å². The predicted molar refractivity (Wildman–Crippen MR) is 26.0 cm³/mol. The molecule has 8 heavy (non-hydrogen) atoms. The van der Waals surface area contributed by atoms with E-state index >= 15 is 0 Å². The molecule has 1 aliphatic rings. The third-order valence-electron chi connectivity index (χ3n) is 0.922. The minimum atomic E-state index is 0. The van der Waals surface area contributed by atoms with Crippen LogP contribution in [0, 0.1) is 12.5 Å². The quantitative estimate of drug-likeness (QED) is 0.210. The summed E-state index contributed by atoms with van der Waals surface area (Å²) in [7, 11) is 0. The zero-order chi connectivity index (χ0) is 4.24. The van der Waals surface area contributed by atoms with Gasteiger partial charge in [0, 0.05) is 0 Å². The average molecular weight is 94.0 g/mol. The first-order chi connectivity index (χ1) is 3.00. The normalized spacial score (nSPS) is 16.0. The molecule has 0 heterocycles. The van der Waals surface area contributed by atoms with Crippen LogP contribution in [0.2, 0.25) is 0 Å². The van der Waals surface area contributed by atoms with E-state index in [1.54, 1.807) is 0 Å². The monoisotopic (exact) mass is 94.1 g/mol. The maximum Gasteiger partial charge on any atom is 1.00 e. The fraction of sp³-hybridized carbons (Fsp3) is 0.500. The van der Waals surface area contributed by atoms with Crippen LogP contribution in [0.4, 0.5) is 0 Å². The van der Waals surface area contributed by atoms with Crippen LogP contribution in [0.15, 0.2) is 6.08 Å². The molecule has 0 saturated carbocycles. The minimum Gasteiger partial charge on any atom is -0.505 e. The molecule has 0 unspecified atom stereocenters. The predicted octanol–water partition coefficient (Wildman–Crippen LogP) is -4.26. The molecule has 1 rings (SSSR count). The molecule has 0 spiro atoms. The molecule has 0 aliphatic heterocycles. The molecule has 0 N–H and O–H groups in total. The summed E-state index contributed by atoms with van der Waals surface area (Å²) in [6.07, 6.45) is 11.0. The molecule has 0 fully saturated rings. The number of hydrogen-bond acceptors (Lipinski definition) is 0. The Morgan fingerprint density at radius 3 is 2.25 bits per heavy atom. The third-order valence-corrected chi connectivity index (χ3v) is 0.922. The molecule has 0 aromatic rings. The summed E-state index contributed by atoms with van der Waals surface area (Å²) >= 11 is 0. The van der Waals surface area contributed by atoms with E-state index in [0.29, 0.717) is 0 Å². The third kappa shape index (κ3) is 5.08. The molecule has 34 valence electrons. The SMILES string of the molecule is [C-]1=CC[CH-]CC1.[Li+].[Li+]. The maximum atomic E-state index is 3.13. The van der Waals surface area contributed by atoms with Crippen molar-refractivity contribution in [1.29, 1.82) is 0 Å². The van der Waals surface area contributed by atoms with Gasteiger partial charge in [-0.05, 0) is 0 Å². The molecular formula is C6H8Li2. The Bertz CT molecular complexity index is 51.5. The van der Waals surface area contributed by atoms with Crippen molar-refractivity contribution in [3.05, 3.63) is 18.6 Å². The Balaban J connectivity index is 0. The van der Waals surface area contributed by atoms with Gasteiger partial charge in [-0.2, -0.15) is 6.42 Å². The first kappa shape index (κ1) is 11.7. The topological polar surface area (TPSA) is 0 Å². The molecule has 0 radical (unpaired) electrons. The Hall–Kier alpha value is 0.935. The molecule has 1 aliphatic carbocycles. The van der Waals surface area contributed by atoms with Gasteiger partial charge < -0.3 is 12.5 Å². The van der Waals surface area contributed by atoms with Gasteiger partial charge in [-0.1, -0.05) is 0 Å². The second-order valence-corrected chi connectivity index (χ2v) is 1.47. The van der Waals surface area contributed by atoms with E-state index in [0.717, 1.165) is 12.8 Å². The number of allylic oxidation sites excluding steroid dienone is 2. The average Bonchev–Trinajstić information content (AvgIpc) is 1.72. The fourth-order valence-corrected chi connectivity index (χ4v) is 0.572. The Kier molecular flexibility index (Phi) is 11.6. The molecule has 0 aromatic carbocycles. The first-order valence-electron chi connectivity index (χ1n) is 2.37. The van der Waals surface area contributed by atoms with Crippen molar-refractivity contribution in [2.24, 2.45) is 0 Å². The zero-order valence-corrected chi connectivity index (χ0v) is 5.78. The van der Waals surface area contributed by atoms with Gasteiger partial charge in [0.2, 0.25) is 0 Å². The van der Waals surface area contributed by atoms with Crippen LogP contribution >= 0.6 is 0 Å². The largest absolute Gasteiger partial charge is 1.00 e. The molecule has 0 bridgehead atoms. The van der Waals surface area contributed by atoms with Crippen LogP contribution in [0.5, 0.6) is 0 Å². The molecule has 0 amide bonds. The molecule has 0 saturated heterocycles. The van der Waals surface area contributed by atoms with Gasteiger partial charge in [-0.15, -0.1) is 0 Å². The van der Waals surface area contributed by atoms with E-state index in [1.807, 2.05) is 0 Å². The first-order valence-corrected chi connectivity index (χ1v) is 2.37. The van der Waals surface area contributed by atoms with E-state index in [1.165, 1.54) is 6.42 Å². The van der Waals surface area contributed by atoms with Crippen molar-refractivity contribution in [2.75, 3.05) is 0 Å². The summed E-state index contributed by atoms with van der Waals surface area (Å²) in [6, 6.07) is 0. The van der Waals surface area contributed by atoms with Gasteiger partial charge in [0.1, 0.15) is 0 Å². The van der Waals surface area contributed by atoms with Gasteiger partial charge in [0.15, 0.2) is 0 Å². The number of rotatable bonds is 0. The van der Waals surface area contributed by atoms with Gasteiger partial charge in [-0.3, -0.25) is 6.08 Å². The van der Waals surface area contributed by atoms with Gasteiger partial charge in [0.25, 0.3) is 0 Å². The van der Waals surface area contributed by atoms with E-state index in [4.69, 9.17) is 0 Å². The van der Waals surface area contributed by atoms with Crippen molar-refractivity contribution in [3.8, 4) is 0 Å². The van der Waals surface area contributed by atoms with E-state index in [2.05, 4.69) is 18.6 Å². The van der Waals surface area contributed by atoms with Crippen LogP contribution in [0.3, 0.4) is 0 Å². The summed E-state index contributed by atoms with van der Waals surface area (Å²) in [5.74, 6) is 0. The van der Waals surface area contributed by atoms with Crippen molar-refractivity contribution < 1.29 is 37.7 Å². The second kappa shape index (κ2) is 7.93. The smallest absolute Gasteiger partial charge is 0.505 e. The van der Waals surface area contributed by atoms with Crippen LogP contribution in [-0.4, -0.2) is 0 Å².